The third-order valence-electron chi connectivity index (χ3n) is 11.6. The van der Waals surface area contributed by atoms with E-state index in [0.717, 1.165) is 66.8 Å². The van der Waals surface area contributed by atoms with Crippen LogP contribution in [0.4, 0.5) is 0 Å². The summed E-state index contributed by atoms with van der Waals surface area (Å²) in [7, 11) is 0. The number of pyridine rings is 1. The highest BCUT2D eigenvalue weighted by molar-refractivity contribution is 5.98. The van der Waals surface area contributed by atoms with Gasteiger partial charge in [-0.05, 0) is 110 Å². The van der Waals surface area contributed by atoms with Gasteiger partial charge in [0.05, 0.1) is 34.8 Å². The minimum absolute atomic E-state index is 0.118. The maximum absolute atomic E-state index is 12.5. The van der Waals surface area contributed by atoms with Crippen molar-refractivity contribution in [2.24, 2.45) is 0 Å². The predicted molar refractivity (Wildman–Crippen MR) is 258 cm³/mol. The fourth-order valence-corrected chi connectivity index (χ4v) is 7.96. The molecule has 0 atom stereocenters. The number of fused-ring (bicyclic) bond motifs is 1. The van der Waals surface area contributed by atoms with Crippen LogP contribution in [0.3, 0.4) is 0 Å². The van der Waals surface area contributed by atoms with E-state index in [2.05, 4.69) is 134 Å². The molecular formula is C57H59N3O. The molecule has 0 saturated carbocycles. The lowest BCUT2D eigenvalue weighted by Gasteiger charge is -2.27. The van der Waals surface area contributed by atoms with Crippen molar-refractivity contribution in [2.45, 2.75) is 98.3 Å². The first-order chi connectivity index (χ1) is 31.3. The molecule has 0 fully saturated rings. The van der Waals surface area contributed by atoms with Gasteiger partial charge in [0.1, 0.15) is 11.6 Å². The zero-order valence-electron chi connectivity index (χ0n) is 43.3. The average molecular weight is 808 g/mol. The molecule has 1 N–H and O–H groups in total. The normalized spacial score (nSPS) is 14.0. The number of phenols is 1. The van der Waals surface area contributed by atoms with E-state index in [1.54, 1.807) is 18.3 Å². The zero-order valence-corrected chi connectivity index (χ0v) is 37.3. The molecule has 0 radical (unpaired) electrons. The highest BCUT2D eigenvalue weighted by Gasteiger charge is 2.29. The first kappa shape index (κ1) is 34.5. The second kappa shape index (κ2) is 15.6. The molecule has 61 heavy (non-hydrogen) atoms. The molecule has 2 aromatic heterocycles. The summed E-state index contributed by atoms with van der Waals surface area (Å²) in [6, 6.07) is 34.9. The highest BCUT2D eigenvalue weighted by atomic mass is 16.3. The largest absolute Gasteiger partial charge is 0.507 e. The maximum atomic E-state index is 12.5. The number of hydrogen-bond donors (Lipinski definition) is 1. The van der Waals surface area contributed by atoms with E-state index in [0.29, 0.717) is 22.6 Å². The van der Waals surface area contributed by atoms with Gasteiger partial charge in [0.15, 0.2) is 0 Å². The minimum atomic E-state index is -0.866. The van der Waals surface area contributed by atoms with Crippen molar-refractivity contribution in [3.05, 3.63) is 168 Å². The van der Waals surface area contributed by atoms with Crippen molar-refractivity contribution in [1.82, 2.24) is 14.5 Å². The number of aromatic hydroxyl groups is 1. The van der Waals surface area contributed by atoms with Crippen LogP contribution >= 0.6 is 0 Å². The van der Waals surface area contributed by atoms with Crippen molar-refractivity contribution in [1.29, 1.82) is 0 Å². The molecule has 0 aliphatic heterocycles. The number of aromatic nitrogens is 3. The van der Waals surface area contributed by atoms with Crippen LogP contribution < -0.4 is 0 Å². The standard InChI is InChI=1S/C57H59N3O/c1-36(2)39-25-26-50(46(32-39)38-21-16-13-17-22-38)60-51-24-18-23-45(52(51)59-54(60)47-34-44(56(6,7)8)35-48(53(47)61)57(9,10)11)41-29-42(31-43(30-41)55(3,4)5)49-33-40(27-28-58-49)37-19-14-12-15-20-37/h12-36,61H,1-11H3/i12D,14D,15D,19D,20D,36D. The van der Waals surface area contributed by atoms with Crippen molar-refractivity contribution in [3.63, 3.8) is 0 Å². The van der Waals surface area contributed by atoms with E-state index in [9.17, 15) is 5.11 Å². The first-order valence-electron chi connectivity index (χ1n) is 24.1. The van der Waals surface area contributed by atoms with Gasteiger partial charge in [0, 0.05) is 29.8 Å². The molecule has 0 spiro atoms. The summed E-state index contributed by atoms with van der Waals surface area (Å²) in [6.07, 6.45) is 1.62. The summed E-state index contributed by atoms with van der Waals surface area (Å²) in [5.41, 5.74) is 11.5. The molecule has 4 nitrogen and oxygen atoms in total. The Kier molecular flexibility index (Phi) is 8.84. The zero-order chi connectivity index (χ0) is 48.7. The van der Waals surface area contributed by atoms with Crippen LogP contribution in [-0.4, -0.2) is 19.6 Å². The number of para-hydroxylation sites is 1. The van der Waals surface area contributed by atoms with Gasteiger partial charge < -0.3 is 5.11 Å². The number of rotatable bonds is 7. The lowest BCUT2D eigenvalue weighted by molar-refractivity contribution is 0.446. The number of benzene rings is 6. The highest BCUT2D eigenvalue weighted by Crippen LogP contribution is 2.46. The molecule has 0 amide bonds. The summed E-state index contributed by atoms with van der Waals surface area (Å²) < 4.78 is 53.4. The fourth-order valence-electron chi connectivity index (χ4n) is 7.96. The molecule has 8 aromatic rings. The van der Waals surface area contributed by atoms with Gasteiger partial charge in [-0.3, -0.25) is 9.55 Å². The van der Waals surface area contributed by atoms with E-state index < -0.39 is 29.4 Å². The smallest absolute Gasteiger partial charge is 0.149 e. The Morgan fingerprint density at radius 3 is 1.95 bits per heavy atom. The molecule has 6 aromatic carbocycles. The summed E-state index contributed by atoms with van der Waals surface area (Å²) in [5, 5.41) is 12.5. The maximum Gasteiger partial charge on any atom is 0.149 e. The molecule has 2 heterocycles. The topological polar surface area (TPSA) is 50.9 Å². The van der Waals surface area contributed by atoms with E-state index in [1.807, 2.05) is 44.2 Å². The van der Waals surface area contributed by atoms with Gasteiger partial charge in [-0.1, -0.05) is 167 Å². The predicted octanol–water partition coefficient (Wildman–Crippen LogP) is 15.5. The van der Waals surface area contributed by atoms with Crippen LogP contribution in [0.2, 0.25) is 0 Å². The average Bonchev–Trinajstić information content (AvgIpc) is 3.66. The summed E-state index contributed by atoms with van der Waals surface area (Å²) in [4.78, 5) is 10.4. The van der Waals surface area contributed by atoms with Gasteiger partial charge in [-0.25, -0.2) is 4.98 Å². The van der Waals surface area contributed by atoms with Crippen LogP contribution in [0.25, 0.3) is 72.7 Å². The van der Waals surface area contributed by atoms with E-state index in [4.69, 9.17) is 18.2 Å². The third-order valence-corrected chi connectivity index (χ3v) is 11.6. The van der Waals surface area contributed by atoms with Crippen LogP contribution in [0, 0.1) is 0 Å². The molecular weight excluding hydrogens is 743 g/mol. The van der Waals surface area contributed by atoms with Crippen molar-refractivity contribution >= 4 is 11.0 Å². The molecule has 308 valence electrons. The number of hydrogen-bond acceptors (Lipinski definition) is 3. The Morgan fingerprint density at radius 1 is 0.590 bits per heavy atom. The van der Waals surface area contributed by atoms with E-state index in [1.165, 1.54) is 0 Å². The van der Waals surface area contributed by atoms with E-state index >= 15 is 0 Å². The third kappa shape index (κ3) is 8.16. The molecule has 8 rings (SSSR count). The van der Waals surface area contributed by atoms with Gasteiger partial charge in [0.25, 0.3) is 0 Å². The molecule has 0 saturated heterocycles. The molecule has 4 heteroatoms. The Morgan fingerprint density at radius 2 is 1.28 bits per heavy atom. The second-order valence-electron chi connectivity index (χ2n) is 19.4. The number of imidazole rings is 1. The van der Waals surface area contributed by atoms with Gasteiger partial charge in [-0.15, -0.1) is 0 Å². The molecule has 0 aliphatic carbocycles. The summed E-state index contributed by atoms with van der Waals surface area (Å²) in [6.45, 7) is 23.1. The SMILES string of the molecule is [2H]c1c([2H])c([2H])c(-c2ccnc(-c3cc(-c4cccc5c4nc(-c4cc(C(C)(C)C)cc(C(C)(C)C)c4O)n5-c4ccc(C([2H])(C)C)cc4-c4ccccc4)cc(C(C)(C)C)c3)c2)c([2H])c1[2H]. The monoisotopic (exact) mass is 808 g/mol. The summed E-state index contributed by atoms with van der Waals surface area (Å²) >= 11 is 0. The lowest BCUT2D eigenvalue weighted by atomic mass is 9.79. The van der Waals surface area contributed by atoms with Crippen LogP contribution in [0.15, 0.2) is 146 Å². The second-order valence-corrected chi connectivity index (χ2v) is 19.4. The number of phenolic OH excluding ortho intramolecular Hbond substituents is 1. The number of nitrogens with zero attached hydrogens (tertiary/aromatic N) is 3. The van der Waals surface area contributed by atoms with Crippen LogP contribution in [0.5, 0.6) is 5.75 Å². The molecule has 0 unspecified atom stereocenters. The van der Waals surface area contributed by atoms with Crippen LogP contribution in [-0.2, 0) is 16.2 Å². The van der Waals surface area contributed by atoms with Gasteiger partial charge in [0.2, 0.25) is 0 Å². The fraction of sp³-hybridized carbons (Fsp3) is 0.263. The Labute approximate surface area is 371 Å². The van der Waals surface area contributed by atoms with Crippen molar-refractivity contribution in [2.75, 3.05) is 0 Å². The first-order valence-corrected chi connectivity index (χ1v) is 21.1. The minimum Gasteiger partial charge on any atom is -0.507 e. The summed E-state index contributed by atoms with van der Waals surface area (Å²) in [5.74, 6) is -0.118. The lowest BCUT2D eigenvalue weighted by Crippen LogP contribution is -2.17. The Hall–Kier alpha value is -6.26. The van der Waals surface area contributed by atoms with Gasteiger partial charge >= 0.3 is 0 Å². The van der Waals surface area contributed by atoms with Crippen molar-refractivity contribution < 1.29 is 13.3 Å². The Bertz CT molecular complexity index is 3210. The molecule has 0 aliphatic rings. The van der Waals surface area contributed by atoms with Crippen LogP contribution in [0.1, 0.15) is 113 Å². The molecule has 0 bridgehead atoms. The Balaban J connectivity index is 1.46. The van der Waals surface area contributed by atoms with E-state index in [-0.39, 0.29) is 34.2 Å². The quantitative estimate of drug-likeness (QED) is 0.174. The van der Waals surface area contributed by atoms with Crippen molar-refractivity contribution in [3.8, 4) is 67.5 Å². The van der Waals surface area contributed by atoms with Gasteiger partial charge in [-0.2, -0.15) is 0 Å².